The molecule has 20 heavy (non-hydrogen) atoms. The normalized spacial score (nSPS) is 11.6. The Morgan fingerprint density at radius 2 is 2.10 bits per heavy atom. The Morgan fingerprint density at radius 3 is 2.75 bits per heavy atom. The zero-order chi connectivity index (χ0) is 14.8. The van der Waals surface area contributed by atoms with Crippen LogP contribution < -0.4 is 15.4 Å². The number of aryl methyl sites for hydroxylation is 1. The molecule has 1 aromatic rings. The summed E-state index contributed by atoms with van der Waals surface area (Å²) in [5.41, 5.74) is 1.30. The van der Waals surface area contributed by atoms with Crippen LogP contribution in [0.1, 0.15) is 25.8 Å². The lowest BCUT2D eigenvalue weighted by molar-refractivity contribution is 0.414. The minimum atomic E-state index is 0.616. The van der Waals surface area contributed by atoms with Gasteiger partial charge in [-0.2, -0.15) is 0 Å². The topological polar surface area (TPSA) is 45.7 Å². The number of nitrogens with zero attached hydrogens (tertiary/aromatic N) is 1. The molecule has 0 heterocycles. The minimum absolute atomic E-state index is 0.616. The third kappa shape index (κ3) is 6.45. The fraction of sp³-hybridized carbons (Fsp3) is 0.562. The molecule has 0 spiro atoms. The molecule has 4 nitrogen and oxygen atoms in total. The third-order valence-electron chi connectivity index (χ3n) is 2.97. The maximum atomic E-state index is 5.23. The molecule has 0 aliphatic carbocycles. The largest absolute Gasteiger partial charge is 0.497 e. The van der Waals surface area contributed by atoms with Crippen LogP contribution >= 0.6 is 0 Å². The smallest absolute Gasteiger partial charge is 0.190 e. The predicted molar refractivity (Wildman–Crippen MR) is 85.5 cm³/mol. The summed E-state index contributed by atoms with van der Waals surface area (Å²) in [6, 6.07) is 8.23. The molecule has 4 heteroatoms. The molecule has 0 fully saturated rings. The van der Waals surface area contributed by atoms with E-state index in [0.717, 1.165) is 37.6 Å². The molecule has 112 valence electrons. The number of ether oxygens (including phenoxy) is 1. The molecule has 0 radical (unpaired) electrons. The number of methoxy groups -OCH3 is 1. The van der Waals surface area contributed by atoms with Crippen molar-refractivity contribution in [2.24, 2.45) is 10.9 Å². The summed E-state index contributed by atoms with van der Waals surface area (Å²) in [5.74, 6) is 2.42. The first kappa shape index (κ1) is 16.3. The SMILES string of the molecule is CN=C(NCCCc1cccc(OC)c1)NCC(C)C. The molecule has 0 unspecified atom stereocenters. The molecule has 1 rings (SSSR count). The summed E-state index contributed by atoms with van der Waals surface area (Å²) in [5, 5.41) is 6.64. The second-order valence-electron chi connectivity index (χ2n) is 5.23. The Labute approximate surface area is 122 Å². The standard InChI is InChI=1S/C16H27N3O/c1-13(2)12-19-16(17-3)18-10-6-8-14-7-5-9-15(11-14)20-4/h5,7,9,11,13H,6,8,10,12H2,1-4H3,(H2,17,18,19). The van der Waals surface area contributed by atoms with Gasteiger partial charge in [0.2, 0.25) is 0 Å². The van der Waals surface area contributed by atoms with Gasteiger partial charge in [0.1, 0.15) is 5.75 Å². The zero-order valence-electron chi connectivity index (χ0n) is 13.1. The van der Waals surface area contributed by atoms with E-state index in [1.165, 1.54) is 5.56 Å². The lowest BCUT2D eigenvalue weighted by Gasteiger charge is -2.13. The van der Waals surface area contributed by atoms with Crippen LogP contribution in [0, 0.1) is 5.92 Å². The Balaban J connectivity index is 2.26. The van der Waals surface area contributed by atoms with Gasteiger partial charge in [-0.3, -0.25) is 4.99 Å². The highest BCUT2D eigenvalue weighted by Crippen LogP contribution is 2.13. The summed E-state index contributed by atoms with van der Waals surface area (Å²) in [4.78, 5) is 4.21. The zero-order valence-corrected chi connectivity index (χ0v) is 13.1. The number of aliphatic imine (C=N–C) groups is 1. The van der Waals surface area contributed by atoms with Crippen molar-refractivity contribution in [3.63, 3.8) is 0 Å². The van der Waals surface area contributed by atoms with Gasteiger partial charge in [0.25, 0.3) is 0 Å². The van der Waals surface area contributed by atoms with Crippen LogP contribution in [-0.2, 0) is 6.42 Å². The van der Waals surface area contributed by atoms with Crippen molar-refractivity contribution in [1.82, 2.24) is 10.6 Å². The van der Waals surface area contributed by atoms with Crippen molar-refractivity contribution in [3.8, 4) is 5.75 Å². The van der Waals surface area contributed by atoms with Crippen molar-refractivity contribution in [2.75, 3.05) is 27.2 Å². The van der Waals surface area contributed by atoms with Gasteiger partial charge in [0, 0.05) is 20.1 Å². The fourth-order valence-electron chi connectivity index (χ4n) is 1.85. The van der Waals surface area contributed by atoms with E-state index in [2.05, 4.69) is 41.6 Å². The number of benzene rings is 1. The van der Waals surface area contributed by atoms with Crippen LogP contribution in [0.15, 0.2) is 29.3 Å². The number of hydrogen-bond acceptors (Lipinski definition) is 2. The average Bonchev–Trinajstić information content (AvgIpc) is 2.46. The first-order valence-corrected chi connectivity index (χ1v) is 7.23. The quantitative estimate of drug-likeness (QED) is 0.457. The van der Waals surface area contributed by atoms with Crippen LogP contribution in [0.3, 0.4) is 0 Å². The van der Waals surface area contributed by atoms with Gasteiger partial charge in [0.05, 0.1) is 7.11 Å². The van der Waals surface area contributed by atoms with E-state index >= 15 is 0 Å². The van der Waals surface area contributed by atoms with Gasteiger partial charge in [-0.05, 0) is 36.5 Å². The lowest BCUT2D eigenvalue weighted by Crippen LogP contribution is -2.39. The molecule has 0 atom stereocenters. The van der Waals surface area contributed by atoms with Crippen molar-refractivity contribution in [2.45, 2.75) is 26.7 Å². The fourth-order valence-corrected chi connectivity index (χ4v) is 1.85. The summed E-state index contributed by atoms with van der Waals surface area (Å²) < 4.78 is 5.23. The van der Waals surface area contributed by atoms with Crippen molar-refractivity contribution in [1.29, 1.82) is 0 Å². The van der Waals surface area contributed by atoms with E-state index in [-0.39, 0.29) is 0 Å². The van der Waals surface area contributed by atoms with Gasteiger partial charge < -0.3 is 15.4 Å². The molecule has 1 aromatic carbocycles. The number of guanidine groups is 1. The molecule has 0 aromatic heterocycles. The Morgan fingerprint density at radius 1 is 1.30 bits per heavy atom. The van der Waals surface area contributed by atoms with Crippen LogP contribution in [0.2, 0.25) is 0 Å². The van der Waals surface area contributed by atoms with Crippen LogP contribution in [0.5, 0.6) is 5.75 Å². The van der Waals surface area contributed by atoms with E-state index < -0.39 is 0 Å². The monoisotopic (exact) mass is 277 g/mol. The van der Waals surface area contributed by atoms with Gasteiger partial charge in [-0.25, -0.2) is 0 Å². The first-order chi connectivity index (χ1) is 9.65. The van der Waals surface area contributed by atoms with Gasteiger partial charge in [0.15, 0.2) is 5.96 Å². The lowest BCUT2D eigenvalue weighted by atomic mass is 10.1. The highest BCUT2D eigenvalue weighted by molar-refractivity contribution is 5.79. The first-order valence-electron chi connectivity index (χ1n) is 7.23. The van der Waals surface area contributed by atoms with Gasteiger partial charge in [-0.1, -0.05) is 26.0 Å². The molecule has 0 bridgehead atoms. The highest BCUT2D eigenvalue weighted by atomic mass is 16.5. The molecule has 0 aliphatic heterocycles. The second kappa shape index (κ2) is 9.23. The molecule has 0 amide bonds. The number of rotatable bonds is 7. The van der Waals surface area contributed by atoms with Crippen molar-refractivity contribution < 1.29 is 4.74 Å². The number of nitrogens with one attached hydrogen (secondary N) is 2. The summed E-state index contributed by atoms with van der Waals surface area (Å²) in [6.45, 7) is 6.22. The third-order valence-corrected chi connectivity index (χ3v) is 2.97. The Kier molecular flexibility index (Phi) is 7.55. The Hall–Kier alpha value is -1.71. The predicted octanol–water partition coefficient (Wildman–Crippen LogP) is 2.45. The van der Waals surface area contributed by atoms with Crippen LogP contribution in [-0.4, -0.2) is 33.2 Å². The average molecular weight is 277 g/mol. The van der Waals surface area contributed by atoms with Crippen LogP contribution in [0.25, 0.3) is 0 Å². The van der Waals surface area contributed by atoms with Crippen LogP contribution in [0.4, 0.5) is 0 Å². The molecular weight excluding hydrogens is 250 g/mol. The molecule has 2 N–H and O–H groups in total. The maximum Gasteiger partial charge on any atom is 0.190 e. The van der Waals surface area contributed by atoms with E-state index in [0.29, 0.717) is 5.92 Å². The molecule has 0 saturated heterocycles. The number of hydrogen-bond donors (Lipinski definition) is 2. The summed E-state index contributed by atoms with van der Waals surface area (Å²) in [6.07, 6.45) is 2.10. The second-order valence-corrected chi connectivity index (χ2v) is 5.23. The Bertz CT molecular complexity index is 416. The summed E-state index contributed by atoms with van der Waals surface area (Å²) >= 11 is 0. The van der Waals surface area contributed by atoms with Gasteiger partial charge >= 0.3 is 0 Å². The molecule has 0 aliphatic rings. The van der Waals surface area contributed by atoms with E-state index in [1.54, 1.807) is 14.2 Å². The molecular formula is C16H27N3O. The minimum Gasteiger partial charge on any atom is -0.497 e. The van der Waals surface area contributed by atoms with Crippen molar-refractivity contribution >= 4 is 5.96 Å². The van der Waals surface area contributed by atoms with Crippen molar-refractivity contribution in [3.05, 3.63) is 29.8 Å². The van der Waals surface area contributed by atoms with E-state index in [4.69, 9.17) is 4.74 Å². The van der Waals surface area contributed by atoms with E-state index in [9.17, 15) is 0 Å². The van der Waals surface area contributed by atoms with Gasteiger partial charge in [-0.15, -0.1) is 0 Å². The molecule has 0 saturated carbocycles. The highest BCUT2D eigenvalue weighted by Gasteiger charge is 2.00. The maximum absolute atomic E-state index is 5.23. The summed E-state index contributed by atoms with van der Waals surface area (Å²) in [7, 11) is 3.50. The van der Waals surface area contributed by atoms with E-state index in [1.807, 2.05) is 12.1 Å².